The molecule has 3 heterocycles. The number of pyridine rings is 1. The third kappa shape index (κ3) is 4.17. The summed E-state index contributed by atoms with van der Waals surface area (Å²) in [7, 11) is -0.426. The standard InChI is InChI=1S/C15H14N2O3S.C9H9NO/c1-11-3-5-14(6-4-11)21(18,19)17-8-7-12-9-13(20-2)10-16-15(12)17;1-11-8-2-3-9-7(6-8)4-5-10-9/h3-10H,1-2H3;2-6,10H,1H3. The molecule has 7 nitrogen and oxygen atoms in total. The van der Waals surface area contributed by atoms with Crippen molar-refractivity contribution in [2.75, 3.05) is 14.2 Å². The second kappa shape index (κ2) is 8.76. The van der Waals surface area contributed by atoms with Gasteiger partial charge in [0.2, 0.25) is 0 Å². The van der Waals surface area contributed by atoms with Crippen molar-refractivity contribution in [3.63, 3.8) is 0 Å². The van der Waals surface area contributed by atoms with Crippen LogP contribution in [0.4, 0.5) is 0 Å². The molecule has 3 aromatic heterocycles. The first-order valence-electron chi connectivity index (χ1n) is 9.87. The third-order valence-corrected chi connectivity index (χ3v) is 6.72. The summed E-state index contributed by atoms with van der Waals surface area (Å²) < 4.78 is 36.7. The quantitative estimate of drug-likeness (QED) is 0.427. The first-order valence-corrected chi connectivity index (χ1v) is 11.3. The summed E-state index contributed by atoms with van der Waals surface area (Å²) in [6, 6.07) is 18.2. The molecule has 5 aromatic rings. The summed E-state index contributed by atoms with van der Waals surface area (Å²) >= 11 is 0. The zero-order valence-corrected chi connectivity index (χ0v) is 18.8. The number of rotatable bonds is 4. The summed E-state index contributed by atoms with van der Waals surface area (Å²) in [6.07, 6.45) is 4.93. The molecule has 1 N–H and O–H groups in total. The molecule has 0 aliphatic rings. The molecule has 0 fully saturated rings. The van der Waals surface area contributed by atoms with E-state index in [0.717, 1.165) is 16.8 Å². The zero-order valence-electron chi connectivity index (χ0n) is 17.9. The van der Waals surface area contributed by atoms with Crippen LogP contribution in [-0.4, -0.2) is 36.6 Å². The number of hydrogen-bond donors (Lipinski definition) is 1. The van der Waals surface area contributed by atoms with E-state index in [1.54, 1.807) is 50.6 Å². The van der Waals surface area contributed by atoms with Crippen molar-refractivity contribution in [2.45, 2.75) is 11.8 Å². The Morgan fingerprint density at radius 3 is 2.31 bits per heavy atom. The van der Waals surface area contributed by atoms with Crippen LogP contribution in [0.3, 0.4) is 0 Å². The fourth-order valence-corrected chi connectivity index (χ4v) is 4.58. The van der Waals surface area contributed by atoms with Gasteiger partial charge >= 0.3 is 0 Å². The fourth-order valence-electron chi connectivity index (χ4n) is 3.27. The van der Waals surface area contributed by atoms with Gasteiger partial charge in [0.25, 0.3) is 10.0 Å². The van der Waals surface area contributed by atoms with E-state index in [2.05, 4.69) is 9.97 Å². The van der Waals surface area contributed by atoms with Gasteiger partial charge in [0.05, 0.1) is 25.3 Å². The van der Waals surface area contributed by atoms with Crippen molar-refractivity contribution in [3.05, 3.63) is 84.8 Å². The van der Waals surface area contributed by atoms with E-state index in [1.807, 2.05) is 37.4 Å². The number of ether oxygens (including phenoxy) is 2. The molecular formula is C24H23N3O4S. The van der Waals surface area contributed by atoms with Crippen molar-refractivity contribution < 1.29 is 17.9 Å². The van der Waals surface area contributed by atoms with Crippen LogP contribution in [0.2, 0.25) is 0 Å². The van der Waals surface area contributed by atoms with Gasteiger partial charge in [-0.25, -0.2) is 17.4 Å². The highest BCUT2D eigenvalue weighted by Crippen LogP contribution is 2.24. The number of methoxy groups -OCH3 is 2. The SMILES string of the molecule is COc1ccc2[nH]ccc2c1.COc1cnc2c(ccn2S(=O)(=O)c2ccc(C)cc2)c1. The van der Waals surface area contributed by atoms with Crippen LogP contribution in [0, 0.1) is 6.92 Å². The molecule has 2 aromatic carbocycles. The number of aryl methyl sites for hydroxylation is 1. The van der Waals surface area contributed by atoms with Gasteiger partial charge < -0.3 is 14.5 Å². The van der Waals surface area contributed by atoms with Gasteiger partial charge in [0, 0.05) is 28.7 Å². The van der Waals surface area contributed by atoms with E-state index in [1.165, 1.54) is 21.8 Å². The lowest BCUT2D eigenvalue weighted by Crippen LogP contribution is -2.12. The molecule has 164 valence electrons. The average molecular weight is 450 g/mol. The largest absolute Gasteiger partial charge is 0.497 e. The first-order chi connectivity index (χ1) is 15.4. The van der Waals surface area contributed by atoms with Crippen LogP contribution in [0.5, 0.6) is 11.5 Å². The minimum absolute atomic E-state index is 0.239. The molecule has 5 rings (SSSR count). The molecule has 0 spiro atoms. The molecule has 0 atom stereocenters. The molecule has 0 radical (unpaired) electrons. The predicted octanol–water partition coefficient (Wildman–Crippen LogP) is 4.77. The molecule has 0 bridgehead atoms. The van der Waals surface area contributed by atoms with Gasteiger partial charge in [-0.15, -0.1) is 0 Å². The molecule has 8 heteroatoms. The molecule has 32 heavy (non-hydrogen) atoms. The summed E-state index contributed by atoms with van der Waals surface area (Å²) in [5, 5.41) is 1.90. The van der Waals surface area contributed by atoms with Crippen LogP contribution in [0.25, 0.3) is 21.9 Å². The van der Waals surface area contributed by atoms with Gasteiger partial charge in [-0.05, 0) is 55.5 Å². The van der Waals surface area contributed by atoms with Gasteiger partial charge in [-0.3, -0.25) is 0 Å². The Bertz CT molecular complexity index is 1470. The van der Waals surface area contributed by atoms with E-state index in [0.29, 0.717) is 16.8 Å². The number of aromatic amines is 1. The van der Waals surface area contributed by atoms with E-state index < -0.39 is 10.0 Å². The van der Waals surface area contributed by atoms with Crippen molar-refractivity contribution in [1.29, 1.82) is 0 Å². The summed E-state index contributed by atoms with van der Waals surface area (Å²) in [4.78, 5) is 7.53. The van der Waals surface area contributed by atoms with E-state index >= 15 is 0 Å². The van der Waals surface area contributed by atoms with Crippen LogP contribution in [0.15, 0.2) is 84.1 Å². The topological polar surface area (TPSA) is 86.2 Å². The molecule has 0 aliphatic carbocycles. The monoisotopic (exact) mass is 449 g/mol. The van der Waals surface area contributed by atoms with Gasteiger partial charge in [-0.2, -0.15) is 0 Å². The lowest BCUT2D eigenvalue weighted by Gasteiger charge is -2.07. The first kappa shape index (κ1) is 21.5. The van der Waals surface area contributed by atoms with Crippen LogP contribution < -0.4 is 9.47 Å². The van der Waals surface area contributed by atoms with Crippen LogP contribution in [-0.2, 0) is 10.0 Å². The lowest BCUT2D eigenvalue weighted by molar-refractivity contribution is 0.413. The zero-order chi connectivity index (χ0) is 22.7. The highest BCUT2D eigenvalue weighted by atomic mass is 32.2. The third-order valence-electron chi connectivity index (χ3n) is 5.04. The smallest absolute Gasteiger partial charge is 0.269 e. The number of aromatic nitrogens is 3. The fraction of sp³-hybridized carbons (Fsp3) is 0.125. The Labute approximate surface area is 186 Å². The van der Waals surface area contributed by atoms with Crippen LogP contribution in [0.1, 0.15) is 5.56 Å². The Kier molecular flexibility index (Phi) is 5.87. The summed E-state index contributed by atoms with van der Waals surface area (Å²) in [5.41, 5.74) is 2.54. The normalized spacial score (nSPS) is 11.2. The molecular weight excluding hydrogens is 426 g/mol. The number of hydrogen-bond acceptors (Lipinski definition) is 5. The van der Waals surface area contributed by atoms with Crippen LogP contribution >= 0.6 is 0 Å². The van der Waals surface area contributed by atoms with Gasteiger partial charge in [0.15, 0.2) is 5.65 Å². The van der Waals surface area contributed by atoms with Crippen molar-refractivity contribution in [1.82, 2.24) is 13.9 Å². The second-order valence-electron chi connectivity index (χ2n) is 7.15. The van der Waals surface area contributed by atoms with Crippen molar-refractivity contribution >= 4 is 32.0 Å². The summed E-state index contributed by atoms with van der Waals surface area (Å²) in [6.45, 7) is 1.91. The number of nitrogens with one attached hydrogen (secondary N) is 1. The molecule has 0 amide bonds. The molecule has 0 saturated heterocycles. The highest BCUT2D eigenvalue weighted by molar-refractivity contribution is 7.90. The Hall–Kier alpha value is -3.78. The van der Waals surface area contributed by atoms with Gasteiger partial charge in [0.1, 0.15) is 11.5 Å². The van der Waals surface area contributed by atoms with E-state index in [4.69, 9.17) is 9.47 Å². The van der Waals surface area contributed by atoms with E-state index in [-0.39, 0.29) is 4.90 Å². The number of benzene rings is 2. The Morgan fingerprint density at radius 1 is 0.875 bits per heavy atom. The highest BCUT2D eigenvalue weighted by Gasteiger charge is 2.19. The lowest BCUT2D eigenvalue weighted by atomic mass is 10.2. The average Bonchev–Trinajstić information content (AvgIpc) is 3.45. The van der Waals surface area contributed by atoms with Crippen molar-refractivity contribution in [3.8, 4) is 11.5 Å². The maximum absolute atomic E-state index is 12.7. The second-order valence-corrected chi connectivity index (χ2v) is 8.96. The molecule has 0 aliphatic heterocycles. The number of fused-ring (bicyclic) bond motifs is 2. The molecule has 0 unspecified atom stereocenters. The number of H-pyrrole nitrogens is 1. The minimum atomic E-state index is -3.65. The maximum Gasteiger partial charge on any atom is 0.269 e. The maximum atomic E-state index is 12.7. The Balaban J connectivity index is 0.000000186. The van der Waals surface area contributed by atoms with Gasteiger partial charge in [-0.1, -0.05) is 17.7 Å². The van der Waals surface area contributed by atoms with E-state index in [9.17, 15) is 8.42 Å². The summed E-state index contributed by atoms with van der Waals surface area (Å²) in [5.74, 6) is 1.49. The predicted molar refractivity (Wildman–Crippen MR) is 125 cm³/mol. The molecule has 0 saturated carbocycles. The minimum Gasteiger partial charge on any atom is -0.497 e. The van der Waals surface area contributed by atoms with Crippen molar-refractivity contribution in [2.24, 2.45) is 0 Å². The number of nitrogens with zero attached hydrogens (tertiary/aromatic N) is 2. The Morgan fingerprint density at radius 2 is 1.59 bits per heavy atom.